The zero-order valence-corrected chi connectivity index (χ0v) is 9.97. The summed E-state index contributed by atoms with van der Waals surface area (Å²) >= 11 is 1.30. The number of rotatable bonds is 5. The van der Waals surface area contributed by atoms with Gasteiger partial charge in [0.15, 0.2) is 0 Å². The number of ether oxygens (including phenoxy) is 1. The normalized spacial score (nSPS) is 10.1. The van der Waals surface area contributed by atoms with E-state index in [1.807, 2.05) is 6.92 Å². The lowest BCUT2D eigenvalue weighted by Gasteiger charge is -1.99. The summed E-state index contributed by atoms with van der Waals surface area (Å²) in [6.07, 6.45) is 0.00409. The van der Waals surface area contributed by atoms with Crippen LogP contribution in [0.4, 0.5) is 0 Å². The Kier molecular flexibility index (Phi) is 4.42. The van der Waals surface area contributed by atoms with Gasteiger partial charge in [-0.05, 0) is 13.8 Å². The maximum absolute atomic E-state index is 11.2. The van der Waals surface area contributed by atoms with Gasteiger partial charge >= 0.3 is 11.9 Å². The SMILES string of the molecule is CCOC(=O)Cc1nc(CC(=O)O)sc1C. The van der Waals surface area contributed by atoms with Crippen LogP contribution in [0.15, 0.2) is 0 Å². The molecule has 88 valence electrons. The van der Waals surface area contributed by atoms with Crippen LogP contribution in [0.25, 0.3) is 0 Å². The molecule has 0 saturated carbocycles. The molecule has 0 radical (unpaired) electrons. The van der Waals surface area contributed by atoms with Crippen molar-refractivity contribution in [3.63, 3.8) is 0 Å². The van der Waals surface area contributed by atoms with Crippen LogP contribution in [0.5, 0.6) is 0 Å². The maximum Gasteiger partial charge on any atom is 0.311 e. The van der Waals surface area contributed by atoms with Gasteiger partial charge in [-0.3, -0.25) is 9.59 Å². The predicted octanol–water partition coefficient (Wildman–Crippen LogP) is 1.18. The first-order valence-corrected chi connectivity index (χ1v) is 5.67. The molecule has 0 aliphatic carbocycles. The Balaban J connectivity index is 2.70. The number of hydrogen-bond donors (Lipinski definition) is 1. The molecule has 0 fully saturated rings. The van der Waals surface area contributed by atoms with Gasteiger partial charge in [0.25, 0.3) is 0 Å². The van der Waals surface area contributed by atoms with Crippen molar-refractivity contribution in [1.29, 1.82) is 0 Å². The molecule has 1 N–H and O–H groups in total. The first kappa shape index (κ1) is 12.6. The maximum atomic E-state index is 11.2. The van der Waals surface area contributed by atoms with Gasteiger partial charge in [0, 0.05) is 4.88 Å². The Bertz CT molecular complexity index is 400. The molecule has 5 nitrogen and oxygen atoms in total. The minimum atomic E-state index is -0.920. The van der Waals surface area contributed by atoms with Gasteiger partial charge in [0.05, 0.1) is 25.1 Å². The summed E-state index contributed by atoms with van der Waals surface area (Å²) in [6.45, 7) is 3.89. The zero-order valence-electron chi connectivity index (χ0n) is 9.15. The van der Waals surface area contributed by atoms with Crippen LogP contribution in [0.1, 0.15) is 22.5 Å². The fraction of sp³-hybridized carbons (Fsp3) is 0.500. The summed E-state index contributed by atoms with van der Waals surface area (Å²) in [5.74, 6) is -1.26. The number of nitrogens with zero attached hydrogens (tertiary/aromatic N) is 1. The average Bonchev–Trinajstić information content (AvgIpc) is 2.45. The highest BCUT2D eigenvalue weighted by Gasteiger charge is 2.13. The molecule has 0 saturated heterocycles. The van der Waals surface area contributed by atoms with E-state index in [4.69, 9.17) is 9.84 Å². The number of carbonyl (C=O) groups is 2. The Labute approximate surface area is 97.1 Å². The minimum absolute atomic E-state index is 0.103. The quantitative estimate of drug-likeness (QED) is 0.786. The van der Waals surface area contributed by atoms with Gasteiger partial charge in [0.1, 0.15) is 5.01 Å². The second kappa shape index (κ2) is 5.60. The summed E-state index contributed by atoms with van der Waals surface area (Å²) in [5.41, 5.74) is 0.611. The van der Waals surface area contributed by atoms with Crippen molar-refractivity contribution >= 4 is 23.3 Å². The lowest BCUT2D eigenvalue weighted by molar-refractivity contribution is -0.142. The van der Waals surface area contributed by atoms with Crippen molar-refractivity contribution in [2.45, 2.75) is 26.7 Å². The lowest BCUT2D eigenvalue weighted by atomic mass is 10.3. The molecule has 0 spiro atoms. The first-order valence-electron chi connectivity index (χ1n) is 4.85. The van der Waals surface area contributed by atoms with Crippen molar-refractivity contribution in [2.24, 2.45) is 0 Å². The van der Waals surface area contributed by atoms with Gasteiger partial charge in [-0.1, -0.05) is 0 Å². The summed E-state index contributed by atoms with van der Waals surface area (Å²) in [4.78, 5) is 26.7. The lowest BCUT2D eigenvalue weighted by Crippen LogP contribution is -2.08. The molecule has 6 heteroatoms. The standard InChI is InChI=1S/C10H13NO4S/c1-3-15-10(14)4-7-6(2)16-8(11-7)5-9(12)13/h3-5H2,1-2H3,(H,12,13). The van der Waals surface area contributed by atoms with Crippen molar-refractivity contribution in [2.75, 3.05) is 6.61 Å². The smallest absolute Gasteiger partial charge is 0.311 e. The molecule has 1 rings (SSSR count). The Morgan fingerprint density at radius 1 is 1.44 bits per heavy atom. The van der Waals surface area contributed by atoms with Gasteiger partial charge in [0.2, 0.25) is 0 Å². The summed E-state index contributed by atoms with van der Waals surface area (Å²) in [5, 5.41) is 9.13. The first-order chi connectivity index (χ1) is 7.52. The number of thiazole rings is 1. The number of esters is 1. The fourth-order valence-corrected chi connectivity index (χ4v) is 2.15. The van der Waals surface area contributed by atoms with Crippen LogP contribution in [0.2, 0.25) is 0 Å². The van der Waals surface area contributed by atoms with Crippen LogP contribution in [0, 0.1) is 6.92 Å². The average molecular weight is 243 g/mol. The molecule has 1 heterocycles. The Morgan fingerprint density at radius 3 is 2.69 bits per heavy atom. The predicted molar refractivity (Wildman–Crippen MR) is 58.5 cm³/mol. The number of aliphatic carboxylic acids is 1. The van der Waals surface area contributed by atoms with Crippen molar-refractivity contribution in [3.8, 4) is 0 Å². The van der Waals surface area contributed by atoms with E-state index in [-0.39, 0.29) is 18.8 Å². The van der Waals surface area contributed by atoms with Crippen molar-refractivity contribution in [1.82, 2.24) is 4.98 Å². The van der Waals surface area contributed by atoms with E-state index in [1.54, 1.807) is 6.92 Å². The number of aromatic nitrogens is 1. The van der Waals surface area contributed by atoms with Crippen molar-refractivity contribution < 1.29 is 19.4 Å². The fourth-order valence-electron chi connectivity index (χ4n) is 1.21. The van der Waals surface area contributed by atoms with E-state index in [0.29, 0.717) is 17.3 Å². The van der Waals surface area contributed by atoms with Crippen LogP contribution >= 0.6 is 11.3 Å². The van der Waals surface area contributed by atoms with Gasteiger partial charge < -0.3 is 9.84 Å². The molecule has 1 aromatic rings. The molecule has 0 aliphatic heterocycles. The summed E-state index contributed by atoms with van der Waals surface area (Å²) in [6, 6.07) is 0. The number of carboxylic acid groups (broad SMARTS) is 1. The number of aryl methyl sites for hydroxylation is 1. The van der Waals surface area contributed by atoms with E-state index >= 15 is 0 Å². The topological polar surface area (TPSA) is 76.5 Å². The van der Waals surface area contributed by atoms with Crippen LogP contribution < -0.4 is 0 Å². The van der Waals surface area contributed by atoms with Crippen LogP contribution in [-0.2, 0) is 27.2 Å². The summed E-state index contributed by atoms with van der Waals surface area (Å²) < 4.78 is 4.80. The van der Waals surface area contributed by atoms with E-state index in [0.717, 1.165) is 4.88 Å². The summed E-state index contributed by atoms with van der Waals surface area (Å²) in [7, 11) is 0. The molecular weight excluding hydrogens is 230 g/mol. The molecule has 0 unspecified atom stereocenters. The van der Waals surface area contributed by atoms with Crippen LogP contribution in [0.3, 0.4) is 0 Å². The second-order valence-electron chi connectivity index (χ2n) is 3.16. The third kappa shape index (κ3) is 3.62. The zero-order chi connectivity index (χ0) is 12.1. The number of hydrogen-bond acceptors (Lipinski definition) is 5. The third-order valence-electron chi connectivity index (χ3n) is 1.86. The van der Waals surface area contributed by atoms with Gasteiger partial charge in [-0.25, -0.2) is 4.98 Å². The molecule has 0 aromatic carbocycles. The monoisotopic (exact) mass is 243 g/mol. The van der Waals surface area contributed by atoms with Crippen LogP contribution in [-0.4, -0.2) is 28.6 Å². The molecule has 0 amide bonds. The number of carbonyl (C=O) groups excluding carboxylic acids is 1. The molecular formula is C10H13NO4S. The van der Waals surface area contributed by atoms with Gasteiger partial charge in [-0.15, -0.1) is 11.3 Å². The molecule has 0 aliphatic rings. The highest BCUT2D eigenvalue weighted by molar-refractivity contribution is 7.11. The van der Waals surface area contributed by atoms with E-state index in [9.17, 15) is 9.59 Å². The molecule has 0 bridgehead atoms. The largest absolute Gasteiger partial charge is 0.481 e. The van der Waals surface area contributed by atoms with Gasteiger partial charge in [-0.2, -0.15) is 0 Å². The van der Waals surface area contributed by atoms with E-state index in [2.05, 4.69) is 4.98 Å². The Hall–Kier alpha value is -1.43. The highest BCUT2D eigenvalue weighted by atomic mass is 32.1. The van der Waals surface area contributed by atoms with E-state index in [1.165, 1.54) is 11.3 Å². The van der Waals surface area contributed by atoms with E-state index < -0.39 is 5.97 Å². The van der Waals surface area contributed by atoms with Crippen molar-refractivity contribution in [3.05, 3.63) is 15.6 Å². The second-order valence-corrected chi connectivity index (χ2v) is 4.45. The molecule has 16 heavy (non-hydrogen) atoms. The minimum Gasteiger partial charge on any atom is -0.481 e. The number of carboxylic acids is 1. The highest BCUT2D eigenvalue weighted by Crippen LogP contribution is 2.18. The molecule has 0 atom stereocenters. The third-order valence-corrected chi connectivity index (χ3v) is 2.87. The molecule has 1 aromatic heterocycles. The Morgan fingerprint density at radius 2 is 2.12 bits per heavy atom.